The maximum atomic E-state index is 12.9. The predicted octanol–water partition coefficient (Wildman–Crippen LogP) is 5.38. The second-order valence-electron chi connectivity index (χ2n) is 6.33. The average molecular weight is 467 g/mol. The first-order valence-corrected chi connectivity index (χ1v) is 11.1. The number of anilines is 2. The molecular weight excluding hydrogens is 449 g/mol. The Morgan fingerprint density at radius 1 is 0.935 bits per heavy atom. The summed E-state index contributed by atoms with van der Waals surface area (Å²) in [7, 11) is -2.51. The van der Waals surface area contributed by atoms with Gasteiger partial charge in [0.1, 0.15) is 0 Å². The van der Waals surface area contributed by atoms with E-state index in [2.05, 4.69) is 5.32 Å². The molecule has 0 aliphatic rings. The van der Waals surface area contributed by atoms with Gasteiger partial charge in [-0.05, 0) is 54.2 Å². The van der Waals surface area contributed by atoms with E-state index in [4.69, 9.17) is 0 Å². The van der Waals surface area contributed by atoms with Crippen LogP contribution in [0, 0.1) is 0 Å². The number of sulfonamides is 1. The Hall–Kier alpha value is -2.98. The summed E-state index contributed by atoms with van der Waals surface area (Å²) in [4.78, 5) is 12.3. The molecule has 31 heavy (non-hydrogen) atoms. The molecule has 0 aromatic heterocycles. The summed E-state index contributed by atoms with van der Waals surface area (Å²) in [5.74, 6) is -0.779. The summed E-state index contributed by atoms with van der Waals surface area (Å²) in [6.45, 7) is 0. The quantitative estimate of drug-likeness (QED) is 0.496. The molecule has 0 heterocycles. The lowest BCUT2D eigenvalue weighted by Crippen LogP contribution is -2.26. The molecule has 3 aromatic rings. The van der Waals surface area contributed by atoms with Gasteiger partial charge in [-0.25, -0.2) is 8.42 Å². The molecule has 0 saturated heterocycles. The van der Waals surface area contributed by atoms with E-state index in [-0.39, 0.29) is 32.8 Å². The van der Waals surface area contributed by atoms with Crippen LogP contribution in [0.4, 0.5) is 24.5 Å². The first kappa shape index (κ1) is 22.7. The fraction of sp³-hybridized carbons (Fsp3) is 0.0952. The summed E-state index contributed by atoms with van der Waals surface area (Å²) in [6.07, 6.45) is 0. The lowest BCUT2D eigenvalue weighted by Gasteiger charge is -2.20. The number of amides is 1. The minimum atomic E-state index is -4.55. The Bertz CT molecular complexity index is 1180. The van der Waals surface area contributed by atoms with Crippen LogP contribution in [0.2, 0.25) is 0 Å². The van der Waals surface area contributed by atoms with Crippen molar-refractivity contribution in [1.82, 2.24) is 0 Å². The van der Waals surface area contributed by atoms with Crippen LogP contribution in [-0.2, 0) is 10.0 Å². The second kappa shape index (κ2) is 9.03. The van der Waals surface area contributed by atoms with Gasteiger partial charge >= 0.3 is 5.51 Å². The Kier molecular flexibility index (Phi) is 6.61. The number of hydrogen-bond donors (Lipinski definition) is 1. The van der Waals surface area contributed by atoms with Crippen LogP contribution < -0.4 is 9.62 Å². The highest BCUT2D eigenvalue weighted by Gasteiger charge is 2.31. The fourth-order valence-corrected chi connectivity index (χ4v) is 4.64. The maximum absolute atomic E-state index is 12.9. The molecule has 0 spiro atoms. The van der Waals surface area contributed by atoms with Gasteiger partial charge in [-0.1, -0.05) is 36.4 Å². The van der Waals surface area contributed by atoms with E-state index in [1.807, 2.05) is 0 Å². The lowest BCUT2D eigenvalue weighted by molar-refractivity contribution is -0.0328. The average Bonchev–Trinajstić information content (AvgIpc) is 2.73. The van der Waals surface area contributed by atoms with Crippen molar-refractivity contribution in [2.45, 2.75) is 15.3 Å². The molecule has 10 heteroatoms. The minimum absolute atomic E-state index is 0.0744. The number of para-hydroxylation sites is 1. The molecule has 0 atom stereocenters. The highest BCUT2D eigenvalue weighted by Crippen LogP contribution is 2.38. The number of halogens is 3. The fourth-order valence-electron chi connectivity index (χ4n) is 2.74. The van der Waals surface area contributed by atoms with Gasteiger partial charge in [-0.15, -0.1) is 0 Å². The minimum Gasteiger partial charge on any atom is -0.322 e. The topological polar surface area (TPSA) is 66.5 Å². The highest BCUT2D eigenvalue weighted by atomic mass is 32.2. The summed E-state index contributed by atoms with van der Waals surface area (Å²) >= 11 is -0.388. The monoisotopic (exact) mass is 466 g/mol. The number of hydrogen-bond acceptors (Lipinski definition) is 4. The molecule has 0 fully saturated rings. The molecule has 5 nitrogen and oxygen atoms in total. The third-order valence-corrected chi connectivity index (χ3v) is 6.82. The molecule has 1 amide bonds. The predicted molar refractivity (Wildman–Crippen MR) is 115 cm³/mol. The van der Waals surface area contributed by atoms with E-state index < -0.39 is 21.4 Å². The van der Waals surface area contributed by atoms with Crippen molar-refractivity contribution in [1.29, 1.82) is 0 Å². The number of nitrogens with zero attached hydrogens (tertiary/aromatic N) is 1. The number of rotatable bonds is 6. The zero-order chi connectivity index (χ0) is 22.6. The molecule has 0 aliphatic heterocycles. The number of nitrogens with one attached hydrogen (secondary N) is 1. The Morgan fingerprint density at radius 2 is 1.58 bits per heavy atom. The standard InChI is InChI=1S/C21H17F3N2O3S2/c1-26(16-9-3-2-4-10-16)31(28,29)17-11-7-8-15(14-17)25-20(27)18-12-5-6-13-19(18)30-21(22,23)24/h2-14H,1H3,(H,25,27). The van der Waals surface area contributed by atoms with Crippen LogP contribution in [0.15, 0.2) is 88.7 Å². The normalized spacial score (nSPS) is 11.7. The van der Waals surface area contributed by atoms with Gasteiger partial charge in [0.2, 0.25) is 0 Å². The zero-order valence-corrected chi connectivity index (χ0v) is 17.8. The molecule has 0 unspecified atom stereocenters. The number of thioether (sulfide) groups is 1. The summed E-state index contributed by atoms with van der Waals surface area (Å²) in [5.41, 5.74) is -4.12. The van der Waals surface area contributed by atoms with Crippen molar-refractivity contribution in [3.63, 3.8) is 0 Å². The van der Waals surface area contributed by atoms with Gasteiger partial charge in [0.25, 0.3) is 15.9 Å². The van der Waals surface area contributed by atoms with Crippen LogP contribution in [0.25, 0.3) is 0 Å². The largest absolute Gasteiger partial charge is 0.446 e. The first-order valence-electron chi connectivity index (χ1n) is 8.88. The summed E-state index contributed by atoms with van der Waals surface area (Å²) in [5, 5.41) is 2.47. The molecule has 0 aliphatic carbocycles. The van der Waals surface area contributed by atoms with Gasteiger partial charge in [-0.2, -0.15) is 13.2 Å². The van der Waals surface area contributed by atoms with Crippen LogP contribution in [0.5, 0.6) is 0 Å². The van der Waals surface area contributed by atoms with Gasteiger partial charge < -0.3 is 5.32 Å². The van der Waals surface area contributed by atoms with Crippen molar-refractivity contribution in [3.05, 3.63) is 84.4 Å². The molecule has 162 valence electrons. The number of carbonyl (C=O) groups is 1. The van der Waals surface area contributed by atoms with E-state index in [9.17, 15) is 26.4 Å². The zero-order valence-electron chi connectivity index (χ0n) is 16.1. The van der Waals surface area contributed by atoms with Crippen molar-refractivity contribution < 1.29 is 26.4 Å². The Morgan fingerprint density at radius 3 is 2.26 bits per heavy atom. The number of carbonyl (C=O) groups excluding carboxylic acids is 1. The van der Waals surface area contributed by atoms with E-state index in [0.717, 1.165) is 4.31 Å². The van der Waals surface area contributed by atoms with Crippen LogP contribution in [-0.4, -0.2) is 26.9 Å². The number of alkyl halides is 3. The SMILES string of the molecule is CN(c1ccccc1)S(=O)(=O)c1cccc(NC(=O)c2ccccc2SC(F)(F)F)c1. The van der Waals surface area contributed by atoms with Crippen molar-refractivity contribution in [2.75, 3.05) is 16.7 Å². The summed E-state index contributed by atoms with van der Waals surface area (Å²) < 4.78 is 65.3. The highest BCUT2D eigenvalue weighted by molar-refractivity contribution is 8.00. The van der Waals surface area contributed by atoms with Crippen LogP contribution in [0.3, 0.4) is 0 Å². The molecule has 0 radical (unpaired) electrons. The van der Waals surface area contributed by atoms with E-state index in [0.29, 0.717) is 5.69 Å². The van der Waals surface area contributed by atoms with Crippen LogP contribution in [0.1, 0.15) is 10.4 Å². The molecule has 0 saturated carbocycles. The van der Waals surface area contributed by atoms with Gasteiger partial charge in [0.15, 0.2) is 0 Å². The van der Waals surface area contributed by atoms with Crippen molar-refractivity contribution in [2.24, 2.45) is 0 Å². The molecular formula is C21H17F3N2O3S2. The van der Waals surface area contributed by atoms with E-state index in [1.54, 1.807) is 30.3 Å². The van der Waals surface area contributed by atoms with Crippen molar-refractivity contribution in [3.8, 4) is 0 Å². The van der Waals surface area contributed by atoms with Crippen LogP contribution >= 0.6 is 11.8 Å². The molecule has 3 aromatic carbocycles. The van der Waals surface area contributed by atoms with Gasteiger partial charge in [0, 0.05) is 17.6 Å². The van der Waals surface area contributed by atoms with Crippen molar-refractivity contribution >= 4 is 39.1 Å². The first-order chi connectivity index (χ1) is 14.6. The Labute approximate surface area is 181 Å². The third kappa shape index (κ3) is 5.59. The lowest BCUT2D eigenvalue weighted by atomic mass is 10.2. The third-order valence-electron chi connectivity index (χ3n) is 4.23. The van der Waals surface area contributed by atoms with Gasteiger partial charge in [-0.3, -0.25) is 9.10 Å². The smallest absolute Gasteiger partial charge is 0.322 e. The van der Waals surface area contributed by atoms with E-state index in [1.165, 1.54) is 55.6 Å². The molecule has 1 N–H and O–H groups in total. The maximum Gasteiger partial charge on any atom is 0.446 e. The second-order valence-corrected chi connectivity index (χ2v) is 9.41. The molecule has 0 bridgehead atoms. The summed E-state index contributed by atoms with van der Waals surface area (Å²) in [6, 6.07) is 19.3. The van der Waals surface area contributed by atoms with E-state index >= 15 is 0 Å². The number of benzene rings is 3. The van der Waals surface area contributed by atoms with Gasteiger partial charge in [0.05, 0.1) is 16.1 Å². The Balaban J connectivity index is 1.86. The molecule has 3 rings (SSSR count).